The van der Waals surface area contributed by atoms with Gasteiger partial charge in [0.25, 0.3) is 0 Å². The van der Waals surface area contributed by atoms with Gasteiger partial charge in [0.1, 0.15) is 0 Å². The van der Waals surface area contributed by atoms with E-state index in [0.717, 1.165) is 33.7 Å². The summed E-state index contributed by atoms with van der Waals surface area (Å²) in [5.41, 5.74) is 6.04. The van der Waals surface area contributed by atoms with Crippen LogP contribution in [-0.2, 0) is 0 Å². The smallest absolute Gasteiger partial charge is 0.0971 e. The molecule has 0 amide bonds. The van der Waals surface area contributed by atoms with E-state index in [1.807, 2.05) is 52.0 Å². The van der Waals surface area contributed by atoms with Gasteiger partial charge < -0.3 is 0 Å². The Balaban J connectivity index is 0.000000461. The number of nitrogens with zero attached hydrogens (tertiary/aromatic N) is 2. The average Bonchev–Trinajstić information content (AvgIpc) is 2.85. The van der Waals surface area contributed by atoms with E-state index in [9.17, 15) is 0 Å². The molecule has 1 aromatic heterocycles. The monoisotopic (exact) mass is 266 g/mol. The van der Waals surface area contributed by atoms with Crippen LogP contribution < -0.4 is 0 Å². The van der Waals surface area contributed by atoms with Crippen LogP contribution in [0.3, 0.4) is 0 Å². The van der Waals surface area contributed by atoms with Crippen molar-refractivity contribution in [1.29, 1.82) is 0 Å². The maximum atomic E-state index is 4.37. The molecule has 0 fully saturated rings. The molecule has 1 aliphatic rings. The third-order valence-corrected chi connectivity index (χ3v) is 2.86. The Morgan fingerprint density at radius 1 is 0.950 bits per heavy atom. The van der Waals surface area contributed by atoms with Gasteiger partial charge in [0, 0.05) is 23.5 Å². The average molecular weight is 266 g/mol. The highest BCUT2D eigenvalue weighted by Crippen LogP contribution is 2.42. The third kappa shape index (κ3) is 2.55. The lowest BCUT2D eigenvalue weighted by Crippen LogP contribution is -1.86. The lowest BCUT2D eigenvalue weighted by atomic mass is 10.0. The standard InChI is InChI=1S/C14H10N2.2C2H6/c1-3-10-5-4-6-11-12(10)9(2)13-14(11)16-8-7-15-13;2*1-2/h3-8H,1-2H2;2*1-2H3. The van der Waals surface area contributed by atoms with Crippen molar-refractivity contribution < 1.29 is 0 Å². The minimum atomic E-state index is 0.881. The molecule has 1 aromatic carbocycles. The van der Waals surface area contributed by atoms with Crippen LogP contribution in [0.4, 0.5) is 0 Å². The largest absolute Gasteiger partial charge is 0.252 e. The summed E-state index contributed by atoms with van der Waals surface area (Å²) in [6, 6.07) is 6.09. The minimum absolute atomic E-state index is 0.881. The van der Waals surface area contributed by atoms with Crippen LogP contribution in [-0.4, -0.2) is 9.97 Å². The van der Waals surface area contributed by atoms with Gasteiger partial charge in [-0.1, -0.05) is 65.1 Å². The first-order valence-electron chi connectivity index (χ1n) is 7.09. The second-order valence-corrected chi connectivity index (χ2v) is 3.71. The van der Waals surface area contributed by atoms with E-state index >= 15 is 0 Å². The lowest BCUT2D eigenvalue weighted by Gasteiger charge is -2.03. The maximum Gasteiger partial charge on any atom is 0.0971 e. The van der Waals surface area contributed by atoms with Gasteiger partial charge in [0.2, 0.25) is 0 Å². The molecule has 20 heavy (non-hydrogen) atoms. The third-order valence-electron chi connectivity index (χ3n) is 2.86. The summed E-state index contributed by atoms with van der Waals surface area (Å²) in [4.78, 5) is 8.70. The predicted molar refractivity (Wildman–Crippen MR) is 88.4 cm³/mol. The molecular formula is C18H22N2. The second-order valence-electron chi connectivity index (χ2n) is 3.71. The number of benzene rings is 1. The Hall–Kier alpha value is -2.22. The van der Waals surface area contributed by atoms with Gasteiger partial charge in [-0.3, -0.25) is 9.97 Å². The molecule has 0 saturated carbocycles. The quantitative estimate of drug-likeness (QED) is 0.604. The van der Waals surface area contributed by atoms with E-state index in [1.54, 1.807) is 12.4 Å². The highest BCUT2D eigenvalue weighted by Gasteiger charge is 2.25. The molecule has 1 heterocycles. The molecule has 0 saturated heterocycles. The molecule has 0 atom stereocenters. The maximum absolute atomic E-state index is 4.37. The van der Waals surface area contributed by atoms with Crippen molar-refractivity contribution in [2.24, 2.45) is 0 Å². The summed E-state index contributed by atoms with van der Waals surface area (Å²) >= 11 is 0. The van der Waals surface area contributed by atoms with Gasteiger partial charge in [0.05, 0.1) is 11.4 Å². The number of hydrogen-bond acceptors (Lipinski definition) is 2. The molecule has 0 unspecified atom stereocenters. The number of hydrogen-bond donors (Lipinski definition) is 0. The first-order valence-corrected chi connectivity index (χ1v) is 7.09. The van der Waals surface area contributed by atoms with E-state index in [0.29, 0.717) is 0 Å². The van der Waals surface area contributed by atoms with Gasteiger partial charge in [-0.2, -0.15) is 0 Å². The molecular weight excluding hydrogens is 244 g/mol. The summed E-state index contributed by atoms with van der Waals surface area (Å²) in [6.07, 6.45) is 5.25. The van der Waals surface area contributed by atoms with Gasteiger partial charge in [0.15, 0.2) is 0 Å². The van der Waals surface area contributed by atoms with Crippen molar-refractivity contribution in [2.75, 3.05) is 0 Å². The molecule has 2 nitrogen and oxygen atoms in total. The predicted octanol–water partition coefficient (Wildman–Crippen LogP) is 5.21. The number of aromatic nitrogens is 2. The SMILES string of the molecule is C=Cc1cccc2c1C(=C)c1nccnc1-2.CC.CC. The van der Waals surface area contributed by atoms with Gasteiger partial charge >= 0.3 is 0 Å². The van der Waals surface area contributed by atoms with E-state index in [1.165, 1.54) is 0 Å². The van der Waals surface area contributed by atoms with E-state index in [2.05, 4.69) is 23.1 Å². The van der Waals surface area contributed by atoms with Crippen molar-refractivity contribution in [3.05, 3.63) is 60.6 Å². The molecule has 0 N–H and O–H groups in total. The van der Waals surface area contributed by atoms with Gasteiger partial charge in [-0.25, -0.2) is 0 Å². The highest BCUT2D eigenvalue weighted by molar-refractivity contribution is 6.00. The molecule has 0 aliphatic heterocycles. The van der Waals surface area contributed by atoms with Crippen molar-refractivity contribution in [2.45, 2.75) is 27.7 Å². The van der Waals surface area contributed by atoms with Crippen LogP contribution >= 0.6 is 0 Å². The van der Waals surface area contributed by atoms with E-state index < -0.39 is 0 Å². The normalized spacial score (nSPS) is 10.3. The molecule has 104 valence electrons. The Labute approximate surface area is 121 Å². The summed E-state index contributed by atoms with van der Waals surface area (Å²) < 4.78 is 0. The van der Waals surface area contributed by atoms with Crippen molar-refractivity contribution in [1.82, 2.24) is 9.97 Å². The van der Waals surface area contributed by atoms with E-state index in [-0.39, 0.29) is 0 Å². The van der Waals surface area contributed by atoms with Crippen LogP contribution in [0.2, 0.25) is 0 Å². The first-order chi connectivity index (χ1) is 9.83. The van der Waals surface area contributed by atoms with Crippen molar-refractivity contribution in [3.8, 4) is 11.3 Å². The van der Waals surface area contributed by atoms with Crippen molar-refractivity contribution >= 4 is 11.6 Å². The zero-order valence-corrected chi connectivity index (χ0v) is 12.8. The topological polar surface area (TPSA) is 25.8 Å². The highest BCUT2D eigenvalue weighted by atomic mass is 14.8. The van der Waals surface area contributed by atoms with Crippen LogP contribution in [0.25, 0.3) is 22.9 Å². The molecule has 0 radical (unpaired) electrons. The number of rotatable bonds is 1. The minimum Gasteiger partial charge on any atom is -0.252 e. The Morgan fingerprint density at radius 2 is 1.55 bits per heavy atom. The Bertz CT molecular complexity index is 613. The second kappa shape index (κ2) is 7.39. The van der Waals surface area contributed by atoms with Crippen molar-refractivity contribution in [3.63, 3.8) is 0 Å². The fourth-order valence-corrected chi connectivity index (χ4v) is 2.15. The zero-order valence-electron chi connectivity index (χ0n) is 12.8. The lowest BCUT2D eigenvalue weighted by molar-refractivity contribution is 1.19. The molecule has 2 heteroatoms. The molecule has 0 spiro atoms. The molecule has 0 bridgehead atoms. The summed E-state index contributed by atoms with van der Waals surface area (Å²) in [6.45, 7) is 15.9. The molecule has 3 rings (SSSR count). The fourth-order valence-electron chi connectivity index (χ4n) is 2.15. The van der Waals surface area contributed by atoms with Gasteiger partial charge in [-0.05, 0) is 11.1 Å². The Morgan fingerprint density at radius 3 is 2.15 bits per heavy atom. The molecule has 2 aromatic rings. The summed E-state index contributed by atoms with van der Waals surface area (Å²) in [5.74, 6) is 0. The summed E-state index contributed by atoms with van der Waals surface area (Å²) in [7, 11) is 0. The first kappa shape index (κ1) is 15.8. The van der Waals surface area contributed by atoms with Crippen LogP contribution in [0.5, 0.6) is 0 Å². The van der Waals surface area contributed by atoms with Gasteiger partial charge in [-0.15, -0.1) is 0 Å². The van der Waals surface area contributed by atoms with Crippen LogP contribution in [0.15, 0.2) is 43.8 Å². The van der Waals surface area contributed by atoms with Crippen LogP contribution in [0, 0.1) is 0 Å². The fraction of sp³-hybridized carbons (Fsp3) is 0.222. The van der Waals surface area contributed by atoms with Crippen LogP contribution in [0.1, 0.15) is 44.5 Å². The summed E-state index contributed by atoms with van der Waals surface area (Å²) in [5, 5.41) is 0. The Kier molecular flexibility index (Phi) is 5.85. The zero-order chi connectivity index (χ0) is 15.1. The molecule has 1 aliphatic carbocycles. The number of fused-ring (bicyclic) bond motifs is 3. The van der Waals surface area contributed by atoms with E-state index in [4.69, 9.17) is 0 Å².